The molecule has 2 aliphatic rings. The van der Waals surface area contributed by atoms with Crippen LogP contribution in [0.4, 0.5) is 0 Å². The molecule has 2 heterocycles. The number of aromatic hydroxyl groups is 6. The predicted octanol–water partition coefficient (Wildman–Crippen LogP) is 4.06. The lowest BCUT2D eigenvalue weighted by atomic mass is 9.78. The number of aliphatic hydroxyl groups is 1. The van der Waals surface area contributed by atoms with Crippen molar-refractivity contribution in [2.75, 3.05) is 0 Å². The summed E-state index contributed by atoms with van der Waals surface area (Å²) in [6.07, 6.45) is -3.29. The van der Waals surface area contributed by atoms with Crippen LogP contribution in [0.2, 0.25) is 0 Å². The van der Waals surface area contributed by atoms with Gasteiger partial charge < -0.3 is 45.2 Å². The molecule has 2 unspecified atom stereocenters. The van der Waals surface area contributed by atoms with Crippen LogP contribution in [-0.2, 0) is 6.42 Å². The number of rotatable bonds is 3. The van der Waals surface area contributed by atoms with Crippen molar-refractivity contribution < 1.29 is 50.0 Å². The number of hydrogen-bond donors (Lipinski definition) is 7. The summed E-state index contributed by atoms with van der Waals surface area (Å²) in [6.45, 7) is 0. The van der Waals surface area contributed by atoms with Crippen LogP contribution in [0.25, 0.3) is 0 Å². The number of benzene rings is 4. The van der Waals surface area contributed by atoms with Crippen molar-refractivity contribution in [3.05, 3.63) is 94.5 Å². The Kier molecular flexibility index (Phi) is 5.85. The second-order valence-corrected chi connectivity index (χ2v) is 9.85. The number of phenolic OH excluding ortho intramolecular Hbond substituents is 6. The van der Waals surface area contributed by atoms with Crippen molar-refractivity contribution in [3.63, 3.8) is 0 Å². The number of aliphatic hydroxyl groups excluding tert-OH is 1. The van der Waals surface area contributed by atoms with Gasteiger partial charge in [-0.2, -0.15) is 0 Å². The molecule has 0 fully saturated rings. The summed E-state index contributed by atoms with van der Waals surface area (Å²) in [5.74, 6) is -3.80. The number of ether oxygens (including phenoxy) is 2. The second-order valence-electron chi connectivity index (χ2n) is 9.85. The van der Waals surface area contributed by atoms with Gasteiger partial charge in [0.2, 0.25) is 0 Å². The van der Waals surface area contributed by atoms with Gasteiger partial charge in [-0.25, -0.2) is 0 Å². The maximum absolute atomic E-state index is 14.1. The number of fused-ring (bicyclic) bond motifs is 2. The lowest BCUT2D eigenvalue weighted by molar-refractivity contribution is 0.0179. The van der Waals surface area contributed by atoms with E-state index in [1.165, 1.54) is 42.5 Å². The summed E-state index contributed by atoms with van der Waals surface area (Å²) in [5.41, 5.74) is 0.837. The normalized spacial score (nSPS) is 21.6. The first-order valence-corrected chi connectivity index (χ1v) is 12.4. The highest BCUT2D eigenvalue weighted by atomic mass is 16.5. The molecule has 10 nitrogen and oxygen atoms in total. The average molecular weight is 545 g/mol. The van der Waals surface area contributed by atoms with E-state index in [2.05, 4.69) is 0 Å². The van der Waals surface area contributed by atoms with Gasteiger partial charge in [0, 0.05) is 30.2 Å². The number of phenols is 6. The molecule has 0 radical (unpaired) electrons. The van der Waals surface area contributed by atoms with Crippen molar-refractivity contribution in [2.24, 2.45) is 0 Å². The van der Waals surface area contributed by atoms with E-state index in [1.54, 1.807) is 12.1 Å². The van der Waals surface area contributed by atoms with E-state index < -0.39 is 41.5 Å². The smallest absolute Gasteiger partial charge is 0.182 e. The molecule has 4 atom stereocenters. The zero-order chi connectivity index (χ0) is 28.3. The van der Waals surface area contributed by atoms with E-state index in [0.717, 1.165) is 12.1 Å². The van der Waals surface area contributed by atoms with Gasteiger partial charge in [-0.3, -0.25) is 4.79 Å². The minimum absolute atomic E-state index is 0.0108. The molecule has 4 aromatic carbocycles. The van der Waals surface area contributed by atoms with E-state index in [4.69, 9.17) is 9.47 Å². The van der Waals surface area contributed by atoms with Gasteiger partial charge in [-0.1, -0.05) is 24.3 Å². The topological polar surface area (TPSA) is 177 Å². The van der Waals surface area contributed by atoms with Crippen LogP contribution in [0.1, 0.15) is 50.7 Å². The molecule has 40 heavy (non-hydrogen) atoms. The number of Topliss-reactive ketones (excluding diaryl/α,β-unsaturated/α-hetero) is 1. The van der Waals surface area contributed by atoms with Crippen LogP contribution in [-0.4, -0.2) is 47.6 Å². The fourth-order valence-electron chi connectivity index (χ4n) is 5.43. The Bertz CT molecular complexity index is 1630. The van der Waals surface area contributed by atoms with Gasteiger partial charge in [-0.05, 0) is 35.4 Å². The van der Waals surface area contributed by atoms with E-state index in [-0.39, 0.29) is 57.6 Å². The Hall–Kier alpha value is -5.09. The summed E-state index contributed by atoms with van der Waals surface area (Å²) in [5, 5.41) is 72.9. The van der Waals surface area contributed by atoms with Gasteiger partial charge in [0.15, 0.2) is 5.78 Å². The lowest BCUT2D eigenvalue weighted by Gasteiger charge is -2.37. The first-order chi connectivity index (χ1) is 19.1. The van der Waals surface area contributed by atoms with Crippen molar-refractivity contribution >= 4 is 5.78 Å². The number of carbonyl (C=O) groups is 1. The molecule has 0 aliphatic carbocycles. The van der Waals surface area contributed by atoms with Gasteiger partial charge >= 0.3 is 0 Å². The van der Waals surface area contributed by atoms with Crippen LogP contribution >= 0.6 is 0 Å². The van der Waals surface area contributed by atoms with Crippen molar-refractivity contribution in [2.45, 2.75) is 30.7 Å². The quantitative estimate of drug-likeness (QED) is 0.199. The molecule has 6 rings (SSSR count). The summed E-state index contributed by atoms with van der Waals surface area (Å²) in [7, 11) is 0. The molecule has 10 heteroatoms. The van der Waals surface area contributed by atoms with Gasteiger partial charge in [0.25, 0.3) is 0 Å². The summed E-state index contributed by atoms with van der Waals surface area (Å²) in [4.78, 5) is 14.1. The number of carbonyl (C=O) groups excluding carboxylic acids is 1. The Morgan fingerprint density at radius 1 is 0.650 bits per heavy atom. The van der Waals surface area contributed by atoms with Crippen LogP contribution in [0.15, 0.2) is 66.7 Å². The van der Waals surface area contributed by atoms with Crippen LogP contribution < -0.4 is 9.47 Å². The standard InChI is InChI=1S/C30H24O10/c31-15-5-1-13(2-6-15)28-22(37)11-18-19(34)12-21(36)25(30(18)40-28)26-27(38)24-20(35)9-17(33)10-23(24)39-29(26)14-3-7-16(32)8-4-14/h1-10,12,22,26,28-29,31-37H,11H2/t22-,26?,28+,29?/m0/s1. The zero-order valence-corrected chi connectivity index (χ0v) is 20.7. The Morgan fingerprint density at radius 2 is 1.25 bits per heavy atom. The van der Waals surface area contributed by atoms with Crippen molar-refractivity contribution in [1.29, 1.82) is 0 Å². The molecule has 204 valence electrons. The number of hydrogen-bond acceptors (Lipinski definition) is 10. The zero-order valence-electron chi connectivity index (χ0n) is 20.7. The van der Waals surface area contributed by atoms with Crippen LogP contribution in [0, 0.1) is 0 Å². The largest absolute Gasteiger partial charge is 0.508 e. The fraction of sp³-hybridized carbons (Fsp3) is 0.167. The molecule has 4 aromatic rings. The summed E-state index contributed by atoms with van der Waals surface area (Å²) >= 11 is 0. The van der Waals surface area contributed by atoms with Gasteiger partial charge in [-0.15, -0.1) is 0 Å². The average Bonchev–Trinajstić information content (AvgIpc) is 2.90. The second kappa shape index (κ2) is 9.28. The van der Waals surface area contributed by atoms with Crippen LogP contribution in [0.3, 0.4) is 0 Å². The SMILES string of the molecule is O=C1c2c(O)cc(O)cc2OC(c2ccc(O)cc2)C1c1c(O)cc(O)c2c1O[C@H](c1ccc(O)cc1)[C@@H](O)C2. The lowest BCUT2D eigenvalue weighted by Crippen LogP contribution is -2.34. The molecule has 0 amide bonds. The van der Waals surface area contributed by atoms with E-state index >= 15 is 0 Å². The van der Waals surface area contributed by atoms with E-state index in [0.29, 0.717) is 11.1 Å². The Morgan fingerprint density at radius 3 is 1.88 bits per heavy atom. The van der Waals surface area contributed by atoms with Gasteiger partial charge in [0.1, 0.15) is 63.8 Å². The minimum Gasteiger partial charge on any atom is -0.508 e. The van der Waals surface area contributed by atoms with Crippen molar-refractivity contribution in [3.8, 4) is 46.0 Å². The minimum atomic E-state index is -1.32. The number of ketones is 1. The third-order valence-electron chi connectivity index (χ3n) is 7.29. The molecule has 0 aromatic heterocycles. The highest BCUT2D eigenvalue weighted by molar-refractivity contribution is 6.07. The molecular formula is C30H24O10. The highest BCUT2D eigenvalue weighted by Gasteiger charge is 2.46. The molecule has 2 aliphatic heterocycles. The van der Waals surface area contributed by atoms with E-state index in [9.17, 15) is 40.5 Å². The molecule has 7 N–H and O–H groups in total. The maximum atomic E-state index is 14.1. The first-order valence-electron chi connectivity index (χ1n) is 12.4. The highest BCUT2D eigenvalue weighted by Crippen LogP contribution is 2.55. The van der Waals surface area contributed by atoms with Crippen LogP contribution in [0.5, 0.6) is 46.0 Å². The third-order valence-corrected chi connectivity index (χ3v) is 7.29. The molecule has 0 saturated heterocycles. The summed E-state index contributed by atoms with van der Waals surface area (Å²) < 4.78 is 12.4. The molecule has 0 spiro atoms. The molecule has 0 bridgehead atoms. The van der Waals surface area contributed by atoms with Crippen molar-refractivity contribution in [1.82, 2.24) is 0 Å². The fourth-order valence-corrected chi connectivity index (χ4v) is 5.43. The maximum Gasteiger partial charge on any atom is 0.182 e. The van der Waals surface area contributed by atoms with Gasteiger partial charge in [0.05, 0.1) is 17.6 Å². The third kappa shape index (κ3) is 4.05. The molecule has 0 saturated carbocycles. The van der Waals surface area contributed by atoms with E-state index in [1.807, 2.05) is 0 Å². The monoisotopic (exact) mass is 544 g/mol. The molecular weight excluding hydrogens is 520 g/mol. The Balaban J connectivity index is 1.56. The first kappa shape index (κ1) is 25.2. The Labute approximate surface area is 227 Å². The summed E-state index contributed by atoms with van der Waals surface area (Å²) in [6, 6.07) is 15.1. The predicted molar refractivity (Wildman–Crippen MR) is 139 cm³/mol.